The van der Waals surface area contributed by atoms with E-state index >= 15 is 0 Å². The van der Waals surface area contributed by atoms with Crippen LogP contribution in [0, 0.1) is 5.92 Å². The number of furan rings is 1. The highest BCUT2D eigenvalue weighted by molar-refractivity contribution is 7.91. The summed E-state index contributed by atoms with van der Waals surface area (Å²) in [4.78, 5) is 12.3. The first kappa shape index (κ1) is 16.7. The Labute approximate surface area is 133 Å². The smallest absolute Gasteiger partial charge is 0.250 e. The zero-order chi connectivity index (χ0) is 16.2. The molecule has 0 unspecified atom stereocenters. The molecular weight excluding hydrogens is 324 g/mol. The zero-order valence-corrected chi connectivity index (χ0v) is 13.9. The molecule has 1 amide bonds. The van der Waals surface area contributed by atoms with Gasteiger partial charge in [0, 0.05) is 0 Å². The number of amides is 1. The lowest BCUT2D eigenvalue weighted by Gasteiger charge is -2.21. The highest BCUT2D eigenvalue weighted by Crippen LogP contribution is 2.17. The molecular formula is C14H18N2O4S2. The van der Waals surface area contributed by atoms with Gasteiger partial charge in [0.2, 0.25) is 5.91 Å². The molecule has 0 aromatic carbocycles. The Kier molecular flexibility index (Phi) is 5.38. The van der Waals surface area contributed by atoms with Crippen molar-refractivity contribution in [2.45, 2.75) is 30.6 Å². The van der Waals surface area contributed by atoms with Crippen LogP contribution >= 0.6 is 11.3 Å². The standard InChI is InChI=1S/C14H18N2O4S2/c1-10(2)13(14(17)15-9-11-5-3-7-20-11)16-22(18,19)12-6-4-8-21-12/h3-8,10,13,16H,9H2,1-2H3,(H,15,17)/t13-/m0/s1. The normalized spacial score (nSPS) is 13.2. The van der Waals surface area contributed by atoms with Gasteiger partial charge in [-0.3, -0.25) is 4.79 Å². The Morgan fingerprint density at radius 2 is 2.09 bits per heavy atom. The molecule has 6 nitrogen and oxygen atoms in total. The lowest BCUT2D eigenvalue weighted by Crippen LogP contribution is -2.49. The summed E-state index contributed by atoms with van der Waals surface area (Å²) in [5.74, 6) is 0.0369. The Hall–Kier alpha value is -1.64. The molecule has 1 atom stereocenters. The third-order valence-electron chi connectivity index (χ3n) is 3.01. The molecule has 0 saturated heterocycles. The number of carbonyl (C=O) groups excluding carboxylic acids is 1. The molecule has 2 aromatic rings. The van der Waals surface area contributed by atoms with E-state index in [9.17, 15) is 13.2 Å². The minimum Gasteiger partial charge on any atom is -0.467 e. The van der Waals surface area contributed by atoms with Gasteiger partial charge in [0.1, 0.15) is 16.0 Å². The number of carbonyl (C=O) groups is 1. The second kappa shape index (κ2) is 7.08. The molecule has 2 rings (SSSR count). The van der Waals surface area contributed by atoms with E-state index in [1.807, 2.05) is 0 Å². The summed E-state index contributed by atoms with van der Waals surface area (Å²) in [5, 5.41) is 4.35. The summed E-state index contributed by atoms with van der Waals surface area (Å²) < 4.78 is 32.3. The SMILES string of the molecule is CC(C)[C@H](NS(=O)(=O)c1cccs1)C(=O)NCc1ccco1. The molecule has 0 aliphatic rings. The van der Waals surface area contributed by atoms with Crippen LogP contribution in [-0.4, -0.2) is 20.4 Å². The number of hydrogen-bond acceptors (Lipinski definition) is 5. The molecule has 2 aromatic heterocycles. The molecule has 0 aliphatic heterocycles. The maximum Gasteiger partial charge on any atom is 0.250 e. The van der Waals surface area contributed by atoms with Gasteiger partial charge in [-0.05, 0) is 29.5 Å². The largest absolute Gasteiger partial charge is 0.467 e. The maximum atomic E-state index is 12.3. The summed E-state index contributed by atoms with van der Waals surface area (Å²) >= 11 is 1.11. The topological polar surface area (TPSA) is 88.4 Å². The molecule has 0 saturated carbocycles. The van der Waals surface area contributed by atoms with Gasteiger partial charge in [0.05, 0.1) is 12.8 Å². The van der Waals surface area contributed by atoms with E-state index in [0.29, 0.717) is 5.76 Å². The number of nitrogens with one attached hydrogen (secondary N) is 2. The third kappa shape index (κ3) is 4.19. The van der Waals surface area contributed by atoms with E-state index in [1.165, 1.54) is 12.3 Å². The highest BCUT2D eigenvalue weighted by atomic mass is 32.2. The van der Waals surface area contributed by atoms with Crippen molar-refractivity contribution in [3.05, 3.63) is 41.7 Å². The molecule has 0 spiro atoms. The first-order chi connectivity index (χ1) is 10.4. The summed E-state index contributed by atoms with van der Waals surface area (Å²) in [5.41, 5.74) is 0. The molecule has 0 fully saturated rings. The fourth-order valence-corrected chi connectivity index (χ4v) is 4.18. The van der Waals surface area contributed by atoms with Crippen molar-refractivity contribution in [2.24, 2.45) is 5.92 Å². The van der Waals surface area contributed by atoms with Gasteiger partial charge >= 0.3 is 0 Å². The Morgan fingerprint density at radius 3 is 2.64 bits per heavy atom. The van der Waals surface area contributed by atoms with Crippen molar-refractivity contribution < 1.29 is 17.6 Å². The van der Waals surface area contributed by atoms with Crippen LogP contribution in [0.5, 0.6) is 0 Å². The summed E-state index contributed by atoms with van der Waals surface area (Å²) in [7, 11) is -3.69. The van der Waals surface area contributed by atoms with Crippen LogP contribution in [0.15, 0.2) is 44.5 Å². The maximum absolute atomic E-state index is 12.3. The molecule has 8 heteroatoms. The second-order valence-corrected chi connectivity index (χ2v) is 7.96. The average Bonchev–Trinajstić information content (AvgIpc) is 3.14. The number of thiophene rings is 1. The van der Waals surface area contributed by atoms with Crippen LogP contribution in [0.2, 0.25) is 0 Å². The molecule has 120 valence electrons. The van der Waals surface area contributed by atoms with E-state index in [-0.39, 0.29) is 22.6 Å². The predicted octanol–water partition coefficient (Wildman–Crippen LogP) is 1.96. The van der Waals surface area contributed by atoms with E-state index in [4.69, 9.17) is 4.42 Å². The average molecular weight is 342 g/mol. The lowest BCUT2D eigenvalue weighted by atomic mass is 10.1. The minimum absolute atomic E-state index is 0.189. The van der Waals surface area contributed by atoms with Crippen LogP contribution in [-0.2, 0) is 21.4 Å². The van der Waals surface area contributed by atoms with Gasteiger partial charge in [-0.1, -0.05) is 19.9 Å². The van der Waals surface area contributed by atoms with E-state index in [0.717, 1.165) is 11.3 Å². The fourth-order valence-electron chi connectivity index (χ4n) is 1.83. The first-order valence-electron chi connectivity index (χ1n) is 6.76. The molecule has 0 radical (unpaired) electrons. The van der Waals surface area contributed by atoms with Crippen LogP contribution in [0.25, 0.3) is 0 Å². The van der Waals surface area contributed by atoms with Crippen molar-refractivity contribution in [3.63, 3.8) is 0 Å². The Morgan fingerprint density at radius 1 is 1.32 bits per heavy atom. The molecule has 0 aliphatic carbocycles. The number of sulfonamides is 1. The first-order valence-corrected chi connectivity index (χ1v) is 9.12. The summed E-state index contributed by atoms with van der Waals surface area (Å²) in [6.07, 6.45) is 1.51. The van der Waals surface area contributed by atoms with Gasteiger partial charge < -0.3 is 9.73 Å². The quantitative estimate of drug-likeness (QED) is 0.805. The van der Waals surface area contributed by atoms with E-state index in [1.54, 1.807) is 37.4 Å². The Bertz CT molecular complexity index is 691. The van der Waals surface area contributed by atoms with Crippen molar-refractivity contribution in [1.82, 2.24) is 10.0 Å². The molecule has 2 N–H and O–H groups in total. The van der Waals surface area contributed by atoms with Crippen molar-refractivity contribution in [3.8, 4) is 0 Å². The number of hydrogen-bond donors (Lipinski definition) is 2. The van der Waals surface area contributed by atoms with Gasteiger partial charge in [0.25, 0.3) is 10.0 Å². The van der Waals surface area contributed by atoms with Gasteiger partial charge in [-0.2, -0.15) is 4.72 Å². The van der Waals surface area contributed by atoms with Gasteiger partial charge in [0.15, 0.2) is 0 Å². The van der Waals surface area contributed by atoms with Crippen LogP contribution in [0.3, 0.4) is 0 Å². The van der Waals surface area contributed by atoms with Crippen LogP contribution < -0.4 is 10.0 Å². The van der Waals surface area contributed by atoms with Crippen molar-refractivity contribution in [1.29, 1.82) is 0 Å². The van der Waals surface area contributed by atoms with Crippen molar-refractivity contribution >= 4 is 27.3 Å². The monoisotopic (exact) mass is 342 g/mol. The summed E-state index contributed by atoms with van der Waals surface area (Å²) in [6, 6.07) is 5.77. The number of rotatable bonds is 7. The van der Waals surface area contributed by atoms with Gasteiger partial charge in [-0.25, -0.2) is 8.42 Å². The lowest BCUT2D eigenvalue weighted by molar-refractivity contribution is -0.123. The minimum atomic E-state index is -3.69. The fraction of sp³-hybridized carbons (Fsp3) is 0.357. The highest BCUT2D eigenvalue weighted by Gasteiger charge is 2.28. The summed E-state index contributed by atoms with van der Waals surface area (Å²) in [6.45, 7) is 3.79. The molecule has 22 heavy (non-hydrogen) atoms. The zero-order valence-electron chi connectivity index (χ0n) is 12.3. The van der Waals surface area contributed by atoms with Crippen LogP contribution in [0.1, 0.15) is 19.6 Å². The second-order valence-electron chi connectivity index (χ2n) is 5.07. The molecule has 0 bridgehead atoms. The van der Waals surface area contributed by atoms with E-state index in [2.05, 4.69) is 10.0 Å². The van der Waals surface area contributed by atoms with E-state index < -0.39 is 16.1 Å². The third-order valence-corrected chi connectivity index (χ3v) is 5.85. The predicted molar refractivity (Wildman–Crippen MR) is 83.8 cm³/mol. The van der Waals surface area contributed by atoms with Crippen molar-refractivity contribution in [2.75, 3.05) is 0 Å². The Balaban J connectivity index is 2.04. The van der Waals surface area contributed by atoms with Crippen LogP contribution in [0.4, 0.5) is 0 Å². The molecule has 2 heterocycles. The van der Waals surface area contributed by atoms with Gasteiger partial charge in [-0.15, -0.1) is 11.3 Å².